The Labute approximate surface area is 225 Å². The summed E-state index contributed by atoms with van der Waals surface area (Å²) < 4.78 is 7.83. The van der Waals surface area contributed by atoms with Crippen molar-refractivity contribution in [1.82, 2.24) is 19.9 Å². The third-order valence-corrected chi connectivity index (χ3v) is 7.63. The van der Waals surface area contributed by atoms with Crippen molar-refractivity contribution in [2.75, 3.05) is 17.3 Å². The first-order chi connectivity index (χ1) is 17.9. The Bertz CT molecular complexity index is 1430. The molecule has 1 aliphatic heterocycles. The summed E-state index contributed by atoms with van der Waals surface area (Å²) in [5, 5.41) is 9.91. The Morgan fingerprint density at radius 3 is 2.70 bits per heavy atom. The summed E-state index contributed by atoms with van der Waals surface area (Å²) >= 11 is 7.50. The van der Waals surface area contributed by atoms with E-state index in [0.29, 0.717) is 23.0 Å². The predicted molar refractivity (Wildman–Crippen MR) is 151 cm³/mol. The van der Waals surface area contributed by atoms with Gasteiger partial charge in [0.25, 0.3) is 0 Å². The number of ether oxygens (including phenoxy) is 1. The first-order valence-electron chi connectivity index (χ1n) is 12.0. The van der Waals surface area contributed by atoms with Gasteiger partial charge in [0.15, 0.2) is 10.2 Å². The highest BCUT2D eigenvalue weighted by Crippen LogP contribution is 2.45. The lowest BCUT2D eigenvalue weighted by atomic mass is 9.96. The molecule has 1 aliphatic rings. The third-order valence-electron chi connectivity index (χ3n) is 6.56. The minimum absolute atomic E-state index is 0.0767. The van der Waals surface area contributed by atoms with Gasteiger partial charge in [0, 0.05) is 47.3 Å². The van der Waals surface area contributed by atoms with E-state index >= 15 is 0 Å². The summed E-state index contributed by atoms with van der Waals surface area (Å²) in [7, 11) is 1.59. The van der Waals surface area contributed by atoms with Crippen LogP contribution in [0.2, 0.25) is 0 Å². The van der Waals surface area contributed by atoms with E-state index in [-0.39, 0.29) is 18.0 Å². The molecular formula is C27H28N6O2S2. The van der Waals surface area contributed by atoms with Crippen LogP contribution in [0.25, 0.3) is 5.13 Å². The van der Waals surface area contributed by atoms with Crippen LogP contribution in [-0.4, -0.2) is 32.7 Å². The average Bonchev–Trinajstić information content (AvgIpc) is 3.62. The van der Waals surface area contributed by atoms with Gasteiger partial charge in [-0.3, -0.25) is 14.3 Å². The van der Waals surface area contributed by atoms with Gasteiger partial charge >= 0.3 is 0 Å². The van der Waals surface area contributed by atoms with Crippen LogP contribution in [0.4, 0.5) is 11.4 Å². The van der Waals surface area contributed by atoms with Crippen LogP contribution in [0.1, 0.15) is 48.1 Å². The lowest BCUT2D eigenvalue weighted by Crippen LogP contribution is -2.29. The maximum atomic E-state index is 12.0. The summed E-state index contributed by atoms with van der Waals surface area (Å²) in [5.74, 6) is 0.488. The molecule has 190 valence electrons. The number of aromatic nitrogens is 3. The van der Waals surface area contributed by atoms with Crippen molar-refractivity contribution in [2.45, 2.75) is 39.3 Å². The molecule has 1 fully saturated rings. The molecule has 2 atom stereocenters. The number of pyridine rings is 1. The highest BCUT2D eigenvalue weighted by atomic mass is 32.1. The molecule has 1 amide bonds. The summed E-state index contributed by atoms with van der Waals surface area (Å²) in [6.45, 7) is 6.02. The number of hydrogen-bond donors (Lipinski definition) is 2. The third kappa shape index (κ3) is 4.58. The minimum Gasteiger partial charge on any atom is -0.494 e. The predicted octanol–water partition coefficient (Wildman–Crippen LogP) is 5.48. The van der Waals surface area contributed by atoms with Crippen molar-refractivity contribution in [2.24, 2.45) is 0 Å². The molecule has 2 N–H and O–H groups in total. The van der Waals surface area contributed by atoms with Gasteiger partial charge in [0.1, 0.15) is 5.75 Å². The number of carbonyl (C=O) groups is 1. The number of benzene rings is 1. The van der Waals surface area contributed by atoms with Crippen LogP contribution in [-0.2, 0) is 4.79 Å². The van der Waals surface area contributed by atoms with Crippen LogP contribution in [0.3, 0.4) is 0 Å². The summed E-state index contributed by atoms with van der Waals surface area (Å²) in [6, 6.07) is 13.5. The van der Waals surface area contributed by atoms with Crippen LogP contribution in [0.5, 0.6) is 5.75 Å². The molecule has 0 aliphatic carbocycles. The number of anilines is 2. The highest BCUT2D eigenvalue weighted by molar-refractivity contribution is 7.80. The van der Waals surface area contributed by atoms with E-state index in [4.69, 9.17) is 17.0 Å². The van der Waals surface area contributed by atoms with E-state index in [9.17, 15) is 4.79 Å². The molecule has 8 nitrogen and oxygen atoms in total. The summed E-state index contributed by atoms with van der Waals surface area (Å²) in [5.41, 5.74) is 5.68. The second-order valence-electron chi connectivity index (χ2n) is 8.76. The molecule has 37 heavy (non-hydrogen) atoms. The highest BCUT2D eigenvalue weighted by Gasteiger charge is 2.42. The van der Waals surface area contributed by atoms with Gasteiger partial charge < -0.3 is 20.3 Å². The van der Waals surface area contributed by atoms with E-state index in [1.807, 2.05) is 54.9 Å². The van der Waals surface area contributed by atoms with Crippen LogP contribution in [0, 0.1) is 13.8 Å². The number of thiocarbonyl (C=S) groups is 1. The quantitative estimate of drug-likeness (QED) is 0.305. The molecule has 0 bridgehead atoms. The molecule has 10 heteroatoms. The monoisotopic (exact) mass is 532 g/mol. The number of nitrogens with one attached hydrogen (secondary N) is 2. The van der Waals surface area contributed by atoms with E-state index in [2.05, 4.69) is 50.0 Å². The smallest absolute Gasteiger partial charge is 0.224 e. The number of nitrogens with zero attached hydrogens (tertiary/aromatic N) is 4. The Balaban J connectivity index is 1.64. The van der Waals surface area contributed by atoms with Gasteiger partial charge in [0.05, 0.1) is 30.6 Å². The Morgan fingerprint density at radius 2 is 2.03 bits per heavy atom. The van der Waals surface area contributed by atoms with Gasteiger partial charge in [-0.25, -0.2) is 4.98 Å². The molecule has 0 spiro atoms. The van der Waals surface area contributed by atoms with Gasteiger partial charge in [0.2, 0.25) is 5.91 Å². The zero-order valence-corrected chi connectivity index (χ0v) is 22.7. The van der Waals surface area contributed by atoms with Crippen molar-refractivity contribution in [3.8, 4) is 10.9 Å². The number of rotatable bonds is 7. The van der Waals surface area contributed by atoms with Crippen molar-refractivity contribution >= 4 is 45.9 Å². The molecule has 3 aromatic heterocycles. The van der Waals surface area contributed by atoms with Gasteiger partial charge in [-0.15, -0.1) is 11.3 Å². The molecular weight excluding hydrogens is 504 g/mol. The van der Waals surface area contributed by atoms with Crippen LogP contribution < -0.4 is 20.3 Å². The fourth-order valence-electron chi connectivity index (χ4n) is 4.83. The Morgan fingerprint density at radius 1 is 1.19 bits per heavy atom. The molecule has 0 saturated carbocycles. The second-order valence-corrected chi connectivity index (χ2v) is 10.0. The van der Waals surface area contributed by atoms with Crippen molar-refractivity contribution in [1.29, 1.82) is 0 Å². The number of carbonyl (C=O) groups excluding carboxylic acids is 1. The van der Waals surface area contributed by atoms with E-state index < -0.39 is 0 Å². The number of methoxy groups -OCH3 is 1. The van der Waals surface area contributed by atoms with Gasteiger partial charge in [-0.05, 0) is 62.0 Å². The summed E-state index contributed by atoms with van der Waals surface area (Å²) in [6.07, 6.45) is 4.00. The topological polar surface area (TPSA) is 84.3 Å². The largest absolute Gasteiger partial charge is 0.494 e. The molecule has 1 aromatic carbocycles. The number of amides is 1. The summed E-state index contributed by atoms with van der Waals surface area (Å²) in [4.78, 5) is 23.3. The average molecular weight is 533 g/mol. The molecule has 0 radical (unpaired) electrons. The second kappa shape index (κ2) is 10.3. The fourth-order valence-corrected chi connectivity index (χ4v) is 5.93. The number of aryl methyl sites for hydroxylation is 1. The maximum absolute atomic E-state index is 12.0. The number of thiazole rings is 1. The zero-order valence-electron chi connectivity index (χ0n) is 21.1. The normalized spacial score (nSPS) is 17.1. The first kappa shape index (κ1) is 24.9. The maximum Gasteiger partial charge on any atom is 0.224 e. The molecule has 4 aromatic rings. The fraction of sp³-hybridized carbons (Fsp3) is 0.259. The SMILES string of the molecule is CCC(=O)Nc1ccc(N2C(=S)N[C@H](c3ccccn3)[C@@H]2c2cc(C)n(-c3nccs3)c2C)cc1OC. The minimum atomic E-state index is -0.178. The van der Waals surface area contributed by atoms with E-state index in [0.717, 1.165) is 33.5 Å². The molecule has 1 saturated heterocycles. The lowest BCUT2D eigenvalue weighted by molar-refractivity contribution is -0.115. The van der Waals surface area contributed by atoms with E-state index in [1.54, 1.807) is 24.6 Å². The van der Waals surface area contributed by atoms with Crippen molar-refractivity contribution < 1.29 is 9.53 Å². The van der Waals surface area contributed by atoms with Gasteiger partial charge in [-0.1, -0.05) is 13.0 Å². The first-order valence-corrected chi connectivity index (χ1v) is 13.3. The zero-order chi connectivity index (χ0) is 26.1. The van der Waals surface area contributed by atoms with Crippen molar-refractivity contribution in [3.05, 3.63) is 82.9 Å². The molecule has 5 rings (SSSR count). The molecule has 0 unspecified atom stereocenters. The van der Waals surface area contributed by atoms with Crippen molar-refractivity contribution in [3.63, 3.8) is 0 Å². The van der Waals surface area contributed by atoms with Crippen LogP contribution >= 0.6 is 23.6 Å². The van der Waals surface area contributed by atoms with Crippen LogP contribution in [0.15, 0.2) is 60.2 Å². The Kier molecular flexibility index (Phi) is 6.94. The molecule has 4 heterocycles. The number of hydrogen-bond acceptors (Lipinski definition) is 6. The standard InChI is InChI=1S/C27H28N6O2S2/c1-5-23(34)30-20-10-9-18(15-22(20)35-4)33-25(24(31-26(33)36)21-8-6-7-11-28-21)19-14-16(2)32(17(19)3)27-29-12-13-37-27/h6-15,24-25H,5H2,1-4H3,(H,30,34)(H,31,36)/t24-,25+/m1/s1. The van der Waals surface area contributed by atoms with Gasteiger partial charge in [-0.2, -0.15) is 0 Å². The lowest BCUT2D eigenvalue weighted by Gasteiger charge is -2.28. The van der Waals surface area contributed by atoms with E-state index in [1.165, 1.54) is 0 Å². The Hall–Kier alpha value is -3.76.